The van der Waals surface area contributed by atoms with Crippen molar-refractivity contribution >= 4 is 51.8 Å². The van der Waals surface area contributed by atoms with E-state index in [1.807, 2.05) is 11.8 Å². The summed E-state index contributed by atoms with van der Waals surface area (Å²) in [6.45, 7) is 3.73. The van der Waals surface area contributed by atoms with E-state index >= 15 is 0 Å². The van der Waals surface area contributed by atoms with E-state index in [1.165, 1.54) is 6.33 Å². The monoisotopic (exact) mass is 391 g/mol. The fraction of sp³-hybridized carbons (Fsp3) is 0.312. The van der Waals surface area contributed by atoms with Crippen LogP contribution in [0.3, 0.4) is 0 Å². The van der Waals surface area contributed by atoms with E-state index in [0.717, 1.165) is 0 Å². The number of amides is 1. The maximum Gasteiger partial charge on any atom is 0.231 e. The van der Waals surface area contributed by atoms with Gasteiger partial charge in [-0.1, -0.05) is 34.5 Å². The van der Waals surface area contributed by atoms with Crippen LogP contribution in [0.1, 0.15) is 6.92 Å². The molecule has 4 rings (SSSR count). The third-order valence-corrected chi connectivity index (χ3v) is 5.16. The minimum Gasteiger partial charge on any atom is -0.353 e. The number of fused-ring (bicyclic) bond motifs is 1. The van der Waals surface area contributed by atoms with Crippen LogP contribution in [-0.2, 0) is 11.3 Å². The maximum atomic E-state index is 12.4. The topological polar surface area (TPSA) is 88.8 Å². The zero-order valence-electron chi connectivity index (χ0n) is 13.9. The number of aryl methyl sites for hydroxylation is 1. The van der Waals surface area contributed by atoms with Crippen LogP contribution in [-0.4, -0.2) is 44.0 Å². The van der Waals surface area contributed by atoms with Crippen LogP contribution in [0.15, 0.2) is 24.5 Å². The number of hydrogen-bond acceptors (Lipinski definition) is 6. The van der Waals surface area contributed by atoms with Gasteiger partial charge in [-0.25, -0.2) is 14.6 Å². The molecule has 1 saturated heterocycles. The summed E-state index contributed by atoms with van der Waals surface area (Å²) in [5, 5.41) is 11.8. The molecule has 1 amide bonds. The highest BCUT2D eigenvalue weighted by molar-refractivity contribution is 6.44. The summed E-state index contributed by atoms with van der Waals surface area (Å²) in [7, 11) is 0. The zero-order chi connectivity index (χ0) is 18.3. The SMILES string of the molecule is CCn1nnc2c(N3CC(C(=O)Nc4cccc(Cl)c4Cl)C3)ncnc21. The fourth-order valence-corrected chi connectivity index (χ4v) is 3.22. The van der Waals surface area contributed by atoms with Gasteiger partial charge in [0.2, 0.25) is 5.91 Å². The number of anilines is 2. The van der Waals surface area contributed by atoms with E-state index in [0.29, 0.717) is 52.3 Å². The third-order valence-electron chi connectivity index (χ3n) is 4.34. The van der Waals surface area contributed by atoms with Gasteiger partial charge in [-0.05, 0) is 19.1 Å². The quantitative estimate of drug-likeness (QED) is 0.735. The summed E-state index contributed by atoms with van der Waals surface area (Å²) in [6, 6.07) is 5.14. The van der Waals surface area contributed by atoms with E-state index < -0.39 is 0 Å². The van der Waals surface area contributed by atoms with E-state index in [2.05, 4.69) is 25.6 Å². The van der Waals surface area contributed by atoms with Crippen LogP contribution in [0.2, 0.25) is 10.0 Å². The lowest BCUT2D eigenvalue weighted by molar-refractivity contribution is -0.120. The summed E-state index contributed by atoms with van der Waals surface area (Å²) in [5.74, 6) is 0.420. The Morgan fingerprint density at radius 2 is 2.12 bits per heavy atom. The molecule has 0 radical (unpaired) electrons. The molecule has 1 fully saturated rings. The van der Waals surface area contributed by atoms with Gasteiger partial charge in [0.05, 0.1) is 21.7 Å². The van der Waals surface area contributed by atoms with Crippen LogP contribution < -0.4 is 10.2 Å². The Morgan fingerprint density at radius 3 is 2.88 bits per heavy atom. The number of hydrogen-bond donors (Lipinski definition) is 1. The summed E-state index contributed by atoms with van der Waals surface area (Å²) in [4.78, 5) is 23.0. The zero-order valence-corrected chi connectivity index (χ0v) is 15.4. The predicted molar refractivity (Wildman–Crippen MR) is 99.6 cm³/mol. The Hall–Kier alpha value is -2.45. The summed E-state index contributed by atoms with van der Waals surface area (Å²) in [6.07, 6.45) is 1.49. The van der Waals surface area contributed by atoms with Gasteiger partial charge in [0, 0.05) is 19.6 Å². The van der Waals surface area contributed by atoms with Gasteiger partial charge >= 0.3 is 0 Å². The molecule has 1 N–H and O–H groups in total. The smallest absolute Gasteiger partial charge is 0.231 e. The molecule has 3 aromatic rings. The van der Waals surface area contributed by atoms with Crippen LogP contribution in [0, 0.1) is 5.92 Å². The molecule has 134 valence electrons. The number of nitrogens with zero attached hydrogens (tertiary/aromatic N) is 6. The first-order chi connectivity index (χ1) is 12.6. The lowest BCUT2D eigenvalue weighted by Gasteiger charge is -2.38. The fourth-order valence-electron chi connectivity index (χ4n) is 2.88. The van der Waals surface area contributed by atoms with Gasteiger partial charge in [-0.15, -0.1) is 5.10 Å². The van der Waals surface area contributed by atoms with Crippen molar-refractivity contribution in [2.75, 3.05) is 23.3 Å². The molecule has 0 spiro atoms. The molecule has 2 aromatic heterocycles. The highest BCUT2D eigenvalue weighted by atomic mass is 35.5. The lowest BCUT2D eigenvalue weighted by atomic mass is 9.99. The molecular formula is C16H15Cl2N7O. The van der Waals surface area contributed by atoms with Gasteiger partial charge in [-0.2, -0.15) is 0 Å². The van der Waals surface area contributed by atoms with Crippen LogP contribution >= 0.6 is 23.2 Å². The van der Waals surface area contributed by atoms with Crippen LogP contribution in [0.5, 0.6) is 0 Å². The van der Waals surface area contributed by atoms with Crippen molar-refractivity contribution in [2.45, 2.75) is 13.5 Å². The molecular weight excluding hydrogens is 377 g/mol. The molecule has 3 heterocycles. The molecule has 1 aromatic carbocycles. The molecule has 0 bridgehead atoms. The number of benzene rings is 1. The van der Waals surface area contributed by atoms with Gasteiger partial charge in [0.25, 0.3) is 0 Å². The Kier molecular flexibility index (Phi) is 4.37. The first-order valence-corrected chi connectivity index (χ1v) is 8.88. The Labute approximate surface area is 159 Å². The van der Waals surface area contributed by atoms with Crippen molar-refractivity contribution in [3.05, 3.63) is 34.6 Å². The number of rotatable bonds is 4. The average Bonchev–Trinajstić information content (AvgIpc) is 3.01. The number of carbonyl (C=O) groups excluding carboxylic acids is 1. The van der Waals surface area contributed by atoms with Crippen LogP contribution in [0.4, 0.5) is 11.5 Å². The molecule has 0 aliphatic carbocycles. The molecule has 0 atom stereocenters. The van der Waals surface area contributed by atoms with E-state index in [9.17, 15) is 4.79 Å². The molecule has 8 nitrogen and oxygen atoms in total. The van der Waals surface area contributed by atoms with Crippen molar-refractivity contribution in [1.82, 2.24) is 25.0 Å². The summed E-state index contributed by atoms with van der Waals surface area (Å²) >= 11 is 12.1. The largest absolute Gasteiger partial charge is 0.353 e. The number of carbonyl (C=O) groups is 1. The van der Waals surface area contributed by atoms with E-state index in [4.69, 9.17) is 23.2 Å². The van der Waals surface area contributed by atoms with Crippen molar-refractivity contribution in [3.8, 4) is 0 Å². The molecule has 10 heteroatoms. The molecule has 0 unspecified atom stereocenters. The molecule has 1 aliphatic rings. The maximum absolute atomic E-state index is 12.4. The number of nitrogens with one attached hydrogen (secondary N) is 1. The van der Waals surface area contributed by atoms with Gasteiger partial charge in [0.1, 0.15) is 6.33 Å². The van der Waals surface area contributed by atoms with Crippen molar-refractivity contribution < 1.29 is 4.79 Å². The normalized spacial score (nSPS) is 14.5. The van der Waals surface area contributed by atoms with Gasteiger partial charge < -0.3 is 10.2 Å². The Bertz CT molecular complexity index is 984. The first-order valence-electron chi connectivity index (χ1n) is 8.12. The Balaban J connectivity index is 1.46. The predicted octanol–water partition coefficient (Wildman–Crippen LogP) is 2.62. The van der Waals surface area contributed by atoms with Gasteiger partial charge in [0.15, 0.2) is 17.0 Å². The minimum atomic E-state index is -0.170. The average molecular weight is 392 g/mol. The standard InChI is InChI=1S/C16H15Cl2N7O/c1-2-25-15-13(22-23-25)14(19-8-20-15)24-6-9(7-24)16(26)21-11-5-3-4-10(17)12(11)18/h3-5,8-9H,2,6-7H2,1H3,(H,21,26). The number of aromatic nitrogens is 5. The molecule has 26 heavy (non-hydrogen) atoms. The highest BCUT2D eigenvalue weighted by Gasteiger charge is 2.35. The second-order valence-corrected chi connectivity index (χ2v) is 6.75. The minimum absolute atomic E-state index is 0.104. The van der Waals surface area contributed by atoms with Crippen molar-refractivity contribution in [1.29, 1.82) is 0 Å². The van der Waals surface area contributed by atoms with E-state index in [-0.39, 0.29) is 11.8 Å². The first kappa shape index (κ1) is 17.0. The summed E-state index contributed by atoms with van der Waals surface area (Å²) in [5.41, 5.74) is 1.85. The third kappa shape index (κ3) is 2.85. The second kappa shape index (κ2) is 6.69. The lowest BCUT2D eigenvalue weighted by Crippen LogP contribution is -2.52. The number of halogens is 2. The van der Waals surface area contributed by atoms with E-state index in [1.54, 1.807) is 22.9 Å². The second-order valence-electron chi connectivity index (χ2n) is 5.97. The van der Waals surface area contributed by atoms with Gasteiger partial charge in [-0.3, -0.25) is 4.79 Å². The van der Waals surface area contributed by atoms with Crippen LogP contribution in [0.25, 0.3) is 11.2 Å². The Morgan fingerprint density at radius 1 is 1.31 bits per heavy atom. The van der Waals surface area contributed by atoms with Crippen molar-refractivity contribution in [3.63, 3.8) is 0 Å². The summed E-state index contributed by atoms with van der Waals surface area (Å²) < 4.78 is 1.71. The molecule has 0 saturated carbocycles. The highest BCUT2D eigenvalue weighted by Crippen LogP contribution is 2.32. The van der Waals surface area contributed by atoms with Crippen molar-refractivity contribution in [2.24, 2.45) is 5.92 Å². The molecule has 1 aliphatic heterocycles.